The average Bonchev–Trinajstić information content (AvgIpc) is 2.72. The number of nitrogens with zero attached hydrogens (tertiary/aromatic N) is 1. The molecule has 33 heavy (non-hydrogen) atoms. The number of amides is 2. The normalized spacial score (nSPS) is 16.0. The van der Waals surface area contributed by atoms with Gasteiger partial charge in [0.05, 0.1) is 0 Å². The molecule has 0 bridgehead atoms. The van der Waals surface area contributed by atoms with Gasteiger partial charge in [0.2, 0.25) is 0 Å². The quantitative estimate of drug-likeness (QED) is 0.509. The molecule has 3 rings (SSSR count). The average molecular weight is 450 g/mol. The summed E-state index contributed by atoms with van der Waals surface area (Å²) in [5.41, 5.74) is 9.38. The lowest BCUT2D eigenvalue weighted by Gasteiger charge is -2.24. The van der Waals surface area contributed by atoms with E-state index in [-0.39, 0.29) is 17.5 Å². The number of ketones is 1. The van der Waals surface area contributed by atoms with Crippen LogP contribution >= 0.6 is 0 Å². The van der Waals surface area contributed by atoms with E-state index in [1.807, 2.05) is 18.2 Å². The van der Waals surface area contributed by atoms with Crippen LogP contribution in [0, 0.1) is 5.92 Å². The van der Waals surface area contributed by atoms with Gasteiger partial charge in [0.15, 0.2) is 0 Å². The first-order valence-electron chi connectivity index (χ1n) is 11.1. The fraction of sp³-hybridized carbons (Fsp3) is 0.385. The van der Waals surface area contributed by atoms with Gasteiger partial charge in [0.25, 0.3) is 5.91 Å². The summed E-state index contributed by atoms with van der Waals surface area (Å²) in [6.07, 6.45) is 2.58. The number of carbonyl (C=O) groups is 3. The standard InChI is InChI=1S/C26H31N3O4/c1-16(30)13-17-5-6-20-15-21(8-7-19(20)14-17)24(31)28-22-11-9-18(10-12-22)23(27)29-25(32)33-26(2,3)4/h7-12,15,17H,5-6,13-14H2,1-4H3,(H,28,31)(H2,27,29,32). The summed E-state index contributed by atoms with van der Waals surface area (Å²) in [5.74, 6) is 0.453. The Balaban J connectivity index is 1.63. The third-order valence-electron chi connectivity index (χ3n) is 5.42. The van der Waals surface area contributed by atoms with Crippen LogP contribution in [0.3, 0.4) is 0 Å². The summed E-state index contributed by atoms with van der Waals surface area (Å²) in [5, 5.41) is 2.88. The van der Waals surface area contributed by atoms with Crippen LogP contribution in [0.15, 0.2) is 47.5 Å². The Bertz CT molecular complexity index is 1080. The molecular weight excluding hydrogens is 418 g/mol. The molecule has 3 N–H and O–H groups in total. The van der Waals surface area contributed by atoms with E-state index >= 15 is 0 Å². The van der Waals surface area contributed by atoms with Gasteiger partial charge in [-0.15, -0.1) is 0 Å². The van der Waals surface area contributed by atoms with Gasteiger partial charge in [0.1, 0.15) is 17.2 Å². The van der Waals surface area contributed by atoms with E-state index < -0.39 is 11.7 Å². The lowest BCUT2D eigenvalue weighted by Crippen LogP contribution is -2.24. The van der Waals surface area contributed by atoms with E-state index in [2.05, 4.69) is 10.3 Å². The van der Waals surface area contributed by atoms with Crippen molar-refractivity contribution in [2.75, 3.05) is 5.32 Å². The number of hydrogen-bond acceptors (Lipinski definition) is 4. The highest BCUT2D eigenvalue weighted by Gasteiger charge is 2.21. The molecule has 7 nitrogen and oxygen atoms in total. The van der Waals surface area contributed by atoms with Gasteiger partial charge >= 0.3 is 6.09 Å². The molecule has 0 saturated carbocycles. The van der Waals surface area contributed by atoms with Gasteiger partial charge in [-0.1, -0.05) is 6.07 Å². The van der Waals surface area contributed by atoms with Crippen LogP contribution < -0.4 is 11.1 Å². The Morgan fingerprint density at radius 3 is 2.36 bits per heavy atom. The first kappa shape index (κ1) is 24.2. The zero-order valence-electron chi connectivity index (χ0n) is 19.6. The molecule has 1 aliphatic rings. The molecule has 0 fully saturated rings. The number of benzene rings is 2. The summed E-state index contributed by atoms with van der Waals surface area (Å²) in [4.78, 5) is 39.7. The first-order chi connectivity index (χ1) is 15.5. The zero-order chi connectivity index (χ0) is 24.2. The van der Waals surface area contributed by atoms with Crippen LogP contribution in [0.5, 0.6) is 0 Å². The number of nitrogens with two attached hydrogens (primary N) is 1. The molecule has 0 aliphatic heterocycles. The van der Waals surface area contributed by atoms with Crippen LogP contribution in [0.1, 0.15) is 67.6 Å². The highest BCUT2D eigenvalue weighted by atomic mass is 16.6. The van der Waals surface area contributed by atoms with Crippen LogP contribution in [-0.4, -0.2) is 29.2 Å². The van der Waals surface area contributed by atoms with Gasteiger partial charge in [-0.3, -0.25) is 4.79 Å². The SMILES string of the molecule is CC(=O)CC1CCc2cc(C(=O)Nc3ccc(C(N)=NC(=O)OC(C)(C)C)cc3)ccc2C1. The highest BCUT2D eigenvalue weighted by Crippen LogP contribution is 2.28. The minimum atomic E-state index is -0.752. The Morgan fingerprint density at radius 1 is 1.06 bits per heavy atom. The topological polar surface area (TPSA) is 111 Å². The van der Waals surface area contributed by atoms with Crippen LogP contribution in [0.25, 0.3) is 0 Å². The maximum atomic E-state index is 12.7. The fourth-order valence-electron chi connectivity index (χ4n) is 3.93. The summed E-state index contributed by atoms with van der Waals surface area (Å²) >= 11 is 0. The molecule has 0 saturated heterocycles. The Hall–Kier alpha value is -3.48. The van der Waals surface area contributed by atoms with E-state index in [0.717, 1.165) is 19.3 Å². The van der Waals surface area contributed by atoms with E-state index in [4.69, 9.17) is 10.5 Å². The molecule has 0 spiro atoms. The van der Waals surface area contributed by atoms with Crippen molar-refractivity contribution >= 4 is 29.3 Å². The smallest absolute Gasteiger partial charge is 0.436 e. The van der Waals surface area contributed by atoms with Crippen LogP contribution in [0.4, 0.5) is 10.5 Å². The highest BCUT2D eigenvalue weighted by molar-refractivity contribution is 6.05. The number of hydrogen-bond donors (Lipinski definition) is 2. The first-order valence-corrected chi connectivity index (χ1v) is 11.1. The number of carbonyl (C=O) groups excluding carboxylic acids is 3. The predicted molar refractivity (Wildman–Crippen MR) is 129 cm³/mol. The maximum Gasteiger partial charge on any atom is 0.436 e. The number of Topliss-reactive ketones (excluding diaryl/α,β-unsaturated/α-hetero) is 1. The second-order valence-electron chi connectivity index (χ2n) is 9.51. The zero-order valence-corrected chi connectivity index (χ0v) is 19.6. The summed E-state index contributed by atoms with van der Waals surface area (Å²) in [7, 11) is 0. The van der Waals surface area contributed by atoms with E-state index in [0.29, 0.717) is 29.2 Å². The molecule has 1 unspecified atom stereocenters. The summed E-state index contributed by atoms with van der Waals surface area (Å²) in [6, 6.07) is 12.5. The van der Waals surface area contributed by atoms with Crippen molar-refractivity contribution < 1.29 is 19.1 Å². The van der Waals surface area contributed by atoms with Crippen molar-refractivity contribution in [3.63, 3.8) is 0 Å². The fourth-order valence-corrected chi connectivity index (χ4v) is 3.93. The van der Waals surface area contributed by atoms with Crippen molar-refractivity contribution in [1.82, 2.24) is 0 Å². The lowest BCUT2D eigenvalue weighted by atomic mass is 9.81. The van der Waals surface area contributed by atoms with Gasteiger partial charge in [0, 0.05) is 23.2 Å². The molecule has 2 aromatic rings. The minimum absolute atomic E-state index is 0.0416. The largest absolute Gasteiger partial charge is 0.442 e. The number of aryl methyl sites for hydroxylation is 1. The predicted octanol–water partition coefficient (Wildman–Crippen LogP) is 4.66. The van der Waals surface area contributed by atoms with E-state index in [9.17, 15) is 14.4 Å². The number of fused-ring (bicyclic) bond motifs is 1. The van der Waals surface area contributed by atoms with Gasteiger partial charge in [-0.25, -0.2) is 4.79 Å². The van der Waals surface area contributed by atoms with Crippen LogP contribution in [-0.2, 0) is 22.4 Å². The van der Waals surface area contributed by atoms with Crippen LogP contribution in [0.2, 0.25) is 0 Å². The Labute approximate surface area is 194 Å². The Kier molecular flexibility index (Phi) is 7.31. The lowest BCUT2D eigenvalue weighted by molar-refractivity contribution is -0.117. The molecule has 2 aromatic carbocycles. The molecule has 174 valence electrons. The minimum Gasteiger partial charge on any atom is -0.442 e. The summed E-state index contributed by atoms with van der Waals surface area (Å²) < 4.78 is 5.14. The molecule has 1 aliphatic carbocycles. The van der Waals surface area contributed by atoms with Crippen molar-refractivity contribution in [3.8, 4) is 0 Å². The van der Waals surface area contributed by atoms with Gasteiger partial charge in [-0.2, -0.15) is 4.99 Å². The molecule has 0 aromatic heterocycles. The van der Waals surface area contributed by atoms with E-state index in [1.54, 1.807) is 52.0 Å². The second kappa shape index (κ2) is 9.98. The molecule has 1 atom stereocenters. The number of ether oxygens (including phenoxy) is 1. The van der Waals surface area contributed by atoms with Gasteiger partial charge < -0.3 is 20.6 Å². The molecular formula is C26H31N3O4. The van der Waals surface area contributed by atoms with Crippen molar-refractivity contribution in [3.05, 3.63) is 64.7 Å². The van der Waals surface area contributed by atoms with Crippen molar-refractivity contribution in [1.29, 1.82) is 0 Å². The second-order valence-corrected chi connectivity index (χ2v) is 9.51. The third-order valence-corrected chi connectivity index (χ3v) is 5.42. The number of rotatable bonds is 5. The summed E-state index contributed by atoms with van der Waals surface area (Å²) in [6.45, 7) is 6.89. The van der Waals surface area contributed by atoms with E-state index in [1.165, 1.54) is 11.1 Å². The number of nitrogens with one attached hydrogen (secondary N) is 1. The van der Waals surface area contributed by atoms with Crippen molar-refractivity contribution in [2.45, 2.75) is 59.0 Å². The Morgan fingerprint density at radius 2 is 1.73 bits per heavy atom. The van der Waals surface area contributed by atoms with Crippen molar-refractivity contribution in [2.24, 2.45) is 16.6 Å². The maximum absolute atomic E-state index is 12.7. The van der Waals surface area contributed by atoms with Gasteiger partial charge in [-0.05, 0) is 100 Å². The molecule has 0 radical (unpaired) electrons. The number of anilines is 1. The number of amidine groups is 1. The number of aliphatic imine (C=N–C) groups is 1. The molecule has 0 heterocycles. The third kappa shape index (κ3) is 7.00. The monoisotopic (exact) mass is 449 g/mol. The molecule has 7 heteroatoms. The molecule has 2 amide bonds.